The van der Waals surface area contributed by atoms with Crippen LogP contribution in [0.25, 0.3) is 11.1 Å². The number of fused-ring (bicyclic) bond motifs is 1. The largest absolute Gasteiger partial charge is 0.496 e. The summed E-state index contributed by atoms with van der Waals surface area (Å²) in [4.78, 5) is 0. The van der Waals surface area contributed by atoms with Gasteiger partial charge in [0.1, 0.15) is 5.75 Å². The molecule has 0 aliphatic carbocycles. The fourth-order valence-electron chi connectivity index (χ4n) is 2.69. The lowest BCUT2D eigenvalue weighted by molar-refractivity contribution is 0.416. The van der Waals surface area contributed by atoms with E-state index in [4.69, 9.17) is 16.3 Å². The predicted octanol–water partition coefficient (Wildman–Crippen LogP) is 3.66. The number of halogens is 1. The van der Waals surface area contributed by atoms with Crippen molar-refractivity contribution in [1.29, 1.82) is 0 Å². The Hall–Kier alpha value is -1.51. The van der Waals surface area contributed by atoms with Crippen LogP contribution in [-0.2, 0) is 13.0 Å². The molecule has 0 spiro atoms. The molecule has 0 atom stereocenters. The molecular weight excluding hydrogens is 258 g/mol. The second-order valence-electron chi connectivity index (χ2n) is 4.68. The van der Waals surface area contributed by atoms with Crippen LogP contribution in [0.2, 0.25) is 5.02 Å². The molecule has 0 saturated carbocycles. The molecular formula is C16H16ClNO. The summed E-state index contributed by atoms with van der Waals surface area (Å²) in [5.74, 6) is 0.908. The zero-order valence-electron chi connectivity index (χ0n) is 10.9. The molecule has 3 rings (SSSR count). The third-order valence-electron chi connectivity index (χ3n) is 3.62. The lowest BCUT2D eigenvalue weighted by Crippen LogP contribution is -2.24. The average Bonchev–Trinajstić information content (AvgIpc) is 2.48. The predicted molar refractivity (Wildman–Crippen MR) is 78.9 cm³/mol. The van der Waals surface area contributed by atoms with Crippen molar-refractivity contribution in [3.63, 3.8) is 0 Å². The molecule has 0 bridgehead atoms. The van der Waals surface area contributed by atoms with Gasteiger partial charge < -0.3 is 10.1 Å². The Bertz CT molecular complexity index is 610. The van der Waals surface area contributed by atoms with E-state index in [0.717, 1.165) is 35.8 Å². The lowest BCUT2D eigenvalue weighted by atomic mass is 9.91. The maximum Gasteiger partial charge on any atom is 0.126 e. The summed E-state index contributed by atoms with van der Waals surface area (Å²) >= 11 is 6.30. The third kappa shape index (κ3) is 2.22. The molecule has 0 radical (unpaired) electrons. The minimum atomic E-state index is 0.844. The van der Waals surface area contributed by atoms with E-state index in [2.05, 4.69) is 17.4 Å². The van der Waals surface area contributed by atoms with Crippen molar-refractivity contribution >= 4 is 11.6 Å². The van der Waals surface area contributed by atoms with Gasteiger partial charge in [-0.2, -0.15) is 0 Å². The minimum absolute atomic E-state index is 0.844. The molecule has 3 heteroatoms. The zero-order valence-corrected chi connectivity index (χ0v) is 11.6. The fraction of sp³-hybridized carbons (Fsp3) is 0.250. The van der Waals surface area contributed by atoms with Gasteiger partial charge in [0.25, 0.3) is 0 Å². The van der Waals surface area contributed by atoms with Crippen LogP contribution in [-0.4, -0.2) is 13.7 Å². The first-order chi connectivity index (χ1) is 9.31. The normalized spacial score (nSPS) is 14.0. The number of hydrogen-bond acceptors (Lipinski definition) is 2. The smallest absolute Gasteiger partial charge is 0.126 e. The Labute approximate surface area is 118 Å². The van der Waals surface area contributed by atoms with Crippen molar-refractivity contribution in [3.8, 4) is 16.9 Å². The molecule has 2 nitrogen and oxygen atoms in total. The summed E-state index contributed by atoms with van der Waals surface area (Å²) in [7, 11) is 1.71. The molecule has 1 heterocycles. The van der Waals surface area contributed by atoms with Crippen LogP contribution in [0.4, 0.5) is 0 Å². The van der Waals surface area contributed by atoms with Crippen molar-refractivity contribution in [2.75, 3.05) is 13.7 Å². The number of ether oxygens (including phenoxy) is 1. The Morgan fingerprint density at radius 3 is 2.74 bits per heavy atom. The van der Waals surface area contributed by atoms with Gasteiger partial charge in [-0.3, -0.25) is 0 Å². The molecule has 19 heavy (non-hydrogen) atoms. The van der Waals surface area contributed by atoms with E-state index in [0.29, 0.717) is 0 Å². The van der Waals surface area contributed by atoms with Crippen molar-refractivity contribution in [3.05, 3.63) is 52.5 Å². The van der Waals surface area contributed by atoms with Gasteiger partial charge in [-0.1, -0.05) is 35.9 Å². The van der Waals surface area contributed by atoms with Crippen LogP contribution in [0.1, 0.15) is 11.1 Å². The highest BCUT2D eigenvalue weighted by Crippen LogP contribution is 2.37. The summed E-state index contributed by atoms with van der Waals surface area (Å²) < 4.78 is 5.47. The van der Waals surface area contributed by atoms with Crippen LogP contribution in [0.15, 0.2) is 36.4 Å². The minimum Gasteiger partial charge on any atom is -0.496 e. The van der Waals surface area contributed by atoms with E-state index < -0.39 is 0 Å². The number of hydrogen-bond donors (Lipinski definition) is 1. The van der Waals surface area contributed by atoms with Gasteiger partial charge in [0.15, 0.2) is 0 Å². The first-order valence-corrected chi connectivity index (χ1v) is 6.83. The Balaban J connectivity index is 2.20. The quantitative estimate of drug-likeness (QED) is 0.902. The maximum absolute atomic E-state index is 6.30. The summed E-state index contributed by atoms with van der Waals surface area (Å²) in [6.45, 7) is 1.84. The van der Waals surface area contributed by atoms with Gasteiger partial charge >= 0.3 is 0 Å². The van der Waals surface area contributed by atoms with Gasteiger partial charge in [0, 0.05) is 17.1 Å². The number of benzene rings is 2. The number of rotatable bonds is 2. The van der Waals surface area contributed by atoms with Crippen LogP contribution in [0.3, 0.4) is 0 Å². The molecule has 1 N–H and O–H groups in total. The van der Waals surface area contributed by atoms with Gasteiger partial charge in [0.2, 0.25) is 0 Å². The monoisotopic (exact) mass is 273 g/mol. The Morgan fingerprint density at radius 2 is 1.89 bits per heavy atom. The van der Waals surface area contributed by atoms with Gasteiger partial charge in [-0.25, -0.2) is 0 Å². The van der Waals surface area contributed by atoms with E-state index in [1.807, 2.05) is 24.3 Å². The second-order valence-corrected chi connectivity index (χ2v) is 5.09. The van der Waals surface area contributed by atoms with Crippen LogP contribution in [0.5, 0.6) is 5.75 Å². The summed E-state index contributed by atoms with van der Waals surface area (Å²) in [6.07, 6.45) is 1.00. The van der Waals surface area contributed by atoms with Crippen molar-refractivity contribution in [1.82, 2.24) is 5.32 Å². The Kier molecular flexibility index (Phi) is 3.45. The van der Waals surface area contributed by atoms with E-state index in [1.54, 1.807) is 7.11 Å². The van der Waals surface area contributed by atoms with Gasteiger partial charge in [-0.05, 0) is 41.8 Å². The number of para-hydroxylation sites is 1. The fourth-order valence-corrected chi connectivity index (χ4v) is 2.93. The second kappa shape index (κ2) is 5.24. The lowest BCUT2D eigenvalue weighted by Gasteiger charge is -2.22. The first kappa shape index (κ1) is 12.5. The van der Waals surface area contributed by atoms with Crippen molar-refractivity contribution in [2.45, 2.75) is 13.0 Å². The molecule has 2 aromatic carbocycles. The highest BCUT2D eigenvalue weighted by atomic mass is 35.5. The average molecular weight is 274 g/mol. The van der Waals surface area contributed by atoms with E-state index in [1.165, 1.54) is 16.7 Å². The molecule has 0 aromatic heterocycles. The summed E-state index contributed by atoms with van der Waals surface area (Å²) in [5.41, 5.74) is 4.94. The van der Waals surface area contributed by atoms with E-state index in [-0.39, 0.29) is 0 Å². The van der Waals surface area contributed by atoms with Crippen LogP contribution in [0, 0.1) is 0 Å². The maximum atomic E-state index is 6.30. The van der Waals surface area contributed by atoms with Crippen molar-refractivity contribution in [2.24, 2.45) is 0 Å². The molecule has 1 aliphatic rings. The topological polar surface area (TPSA) is 21.3 Å². The standard InChI is InChI=1S/C16H16ClNO/c1-19-16-5-3-2-4-13(16)11-6-7-15(17)14-10-18-9-8-12(11)14/h2-7,18H,8-10H2,1H3. The molecule has 98 valence electrons. The third-order valence-corrected chi connectivity index (χ3v) is 3.98. The number of nitrogens with one attached hydrogen (secondary N) is 1. The van der Waals surface area contributed by atoms with Gasteiger partial charge in [-0.15, -0.1) is 0 Å². The van der Waals surface area contributed by atoms with Crippen LogP contribution < -0.4 is 10.1 Å². The van der Waals surface area contributed by atoms with Gasteiger partial charge in [0.05, 0.1) is 7.11 Å². The highest BCUT2D eigenvalue weighted by molar-refractivity contribution is 6.31. The number of methoxy groups -OCH3 is 1. The SMILES string of the molecule is COc1ccccc1-c1ccc(Cl)c2c1CCNC2. The van der Waals surface area contributed by atoms with Crippen LogP contribution >= 0.6 is 11.6 Å². The highest BCUT2D eigenvalue weighted by Gasteiger charge is 2.18. The molecule has 0 amide bonds. The Morgan fingerprint density at radius 1 is 1.05 bits per heavy atom. The molecule has 0 saturated heterocycles. The summed E-state index contributed by atoms with van der Waals surface area (Å²) in [5, 5.41) is 4.22. The van der Waals surface area contributed by atoms with E-state index >= 15 is 0 Å². The first-order valence-electron chi connectivity index (χ1n) is 6.45. The molecule has 1 aliphatic heterocycles. The van der Waals surface area contributed by atoms with Crippen molar-refractivity contribution < 1.29 is 4.74 Å². The molecule has 0 unspecified atom stereocenters. The zero-order chi connectivity index (χ0) is 13.2. The molecule has 2 aromatic rings. The summed E-state index contributed by atoms with van der Waals surface area (Å²) in [6, 6.07) is 12.2. The molecule has 0 fully saturated rings. The van der Waals surface area contributed by atoms with E-state index in [9.17, 15) is 0 Å².